The van der Waals surface area contributed by atoms with Crippen LogP contribution in [0.2, 0.25) is 0 Å². The smallest absolute Gasteiger partial charge is 0.407 e. The van der Waals surface area contributed by atoms with Crippen LogP contribution in [-0.2, 0) is 9.53 Å². The van der Waals surface area contributed by atoms with Crippen LogP contribution in [0.5, 0.6) is 5.75 Å². The second-order valence-corrected chi connectivity index (χ2v) is 6.72. The lowest BCUT2D eigenvalue weighted by atomic mass is 10.2. The molecule has 7 heteroatoms. The number of halogens is 1. The van der Waals surface area contributed by atoms with E-state index in [1.165, 1.54) is 0 Å². The van der Waals surface area contributed by atoms with Gasteiger partial charge in [0.25, 0.3) is 0 Å². The highest BCUT2D eigenvalue weighted by Gasteiger charge is 2.16. The Kier molecular flexibility index (Phi) is 7.22. The standard InChI is InChI=1S/C16H20BrNO5/c1-16(2,3)23-15(21)18-8-4-5-14(20)22-13-9-12(17)7-6-11(13)10-19/h6-7,9-10H,4-5,8H2,1-3H3,(H,18,21). The maximum Gasteiger partial charge on any atom is 0.407 e. The molecule has 126 valence electrons. The van der Waals surface area contributed by atoms with E-state index in [2.05, 4.69) is 21.2 Å². The van der Waals surface area contributed by atoms with Crippen LogP contribution in [-0.4, -0.2) is 30.5 Å². The van der Waals surface area contributed by atoms with Crippen molar-refractivity contribution in [3.05, 3.63) is 28.2 Å². The van der Waals surface area contributed by atoms with E-state index in [-0.39, 0.29) is 12.2 Å². The van der Waals surface area contributed by atoms with E-state index in [1.807, 2.05) is 0 Å². The van der Waals surface area contributed by atoms with E-state index < -0.39 is 17.7 Å². The first-order chi connectivity index (χ1) is 10.7. The first-order valence-corrected chi connectivity index (χ1v) is 7.93. The van der Waals surface area contributed by atoms with Crippen molar-refractivity contribution in [2.45, 2.75) is 39.2 Å². The monoisotopic (exact) mass is 385 g/mol. The first kappa shape index (κ1) is 19.2. The summed E-state index contributed by atoms with van der Waals surface area (Å²) in [5, 5.41) is 2.56. The van der Waals surface area contributed by atoms with E-state index in [0.717, 1.165) is 0 Å². The van der Waals surface area contributed by atoms with Crippen molar-refractivity contribution in [3.63, 3.8) is 0 Å². The van der Waals surface area contributed by atoms with Gasteiger partial charge in [0.2, 0.25) is 0 Å². The van der Waals surface area contributed by atoms with Crippen LogP contribution in [0.15, 0.2) is 22.7 Å². The predicted octanol–water partition coefficient (Wildman–Crippen LogP) is 3.47. The van der Waals surface area contributed by atoms with Gasteiger partial charge in [0, 0.05) is 17.4 Å². The minimum atomic E-state index is -0.561. The summed E-state index contributed by atoms with van der Waals surface area (Å²) in [5.74, 6) is -0.267. The SMILES string of the molecule is CC(C)(C)OC(=O)NCCCC(=O)Oc1cc(Br)ccc1C=O. The maximum absolute atomic E-state index is 11.8. The number of ether oxygens (including phenoxy) is 2. The van der Waals surface area contributed by atoms with Gasteiger partial charge >= 0.3 is 12.1 Å². The second-order valence-electron chi connectivity index (χ2n) is 5.81. The number of hydrogen-bond donors (Lipinski definition) is 1. The first-order valence-electron chi connectivity index (χ1n) is 7.13. The molecule has 1 amide bonds. The van der Waals surface area contributed by atoms with Crippen molar-refractivity contribution in [1.29, 1.82) is 0 Å². The van der Waals surface area contributed by atoms with E-state index in [0.29, 0.717) is 29.3 Å². The van der Waals surface area contributed by atoms with Crippen LogP contribution in [0.25, 0.3) is 0 Å². The lowest BCUT2D eigenvalue weighted by Gasteiger charge is -2.19. The normalized spacial score (nSPS) is 10.8. The molecule has 0 aromatic heterocycles. The second kappa shape index (κ2) is 8.67. The van der Waals surface area contributed by atoms with Crippen LogP contribution in [0.1, 0.15) is 44.0 Å². The van der Waals surface area contributed by atoms with Crippen molar-refractivity contribution in [2.24, 2.45) is 0 Å². The Labute approximate surface area is 143 Å². The number of benzene rings is 1. The van der Waals surface area contributed by atoms with Gasteiger partial charge in [-0.3, -0.25) is 9.59 Å². The van der Waals surface area contributed by atoms with Crippen molar-refractivity contribution in [2.75, 3.05) is 6.54 Å². The molecule has 23 heavy (non-hydrogen) atoms. The largest absolute Gasteiger partial charge is 0.444 e. The van der Waals surface area contributed by atoms with Crippen molar-refractivity contribution in [3.8, 4) is 5.75 Å². The third kappa shape index (κ3) is 7.78. The Bertz CT molecular complexity index is 580. The van der Waals surface area contributed by atoms with Crippen LogP contribution in [0.3, 0.4) is 0 Å². The van der Waals surface area contributed by atoms with Crippen LogP contribution >= 0.6 is 15.9 Å². The average Bonchev–Trinajstić information content (AvgIpc) is 2.42. The van der Waals surface area contributed by atoms with Gasteiger partial charge in [0.05, 0.1) is 5.56 Å². The van der Waals surface area contributed by atoms with Crippen molar-refractivity contribution < 1.29 is 23.9 Å². The molecule has 0 radical (unpaired) electrons. The van der Waals surface area contributed by atoms with Gasteiger partial charge in [0.15, 0.2) is 6.29 Å². The zero-order valence-electron chi connectivity index (χ0n) is 13.3. The molecular formula is C16H20BrNO5. The van der Waals surface area contributed by atoms with E-state index in [4.69, 9.17) is 9.47 Å². The molecule has 0 aliphatic heterocycles. The fourth-order valence-electron chi connectivity index (χ4n) is 1.60. The molecule has 0 aliphatic carbocycles. The number of nitrogens with one attached hydrogen (secondary N) is 1. The Hall–Kier alpha value is -1.89. The molecule has 0 atom stereocenters. The number of carbonyl (C=O) groups is 3. The highest BCUT2D eigenvalue weighted by Crippen LogP contribution is 2.23. The number of hydrogen-bond acceptors (Lipinski definition) is 5. The number of amides is 1. The molecule has 0 spiro atoms. The lowest BCUT2D eigenvalue weighted by molar-refractivity contribution is -0.134. The van der Waals surface area contributed by atoms with E-state index in [1.54, 1.807) is 39.0 Å². The molecule has 0 saturated heterocycles. The minimum Gasteiger partial charge on any atom is -0.444 e. The van der Waals surface area contributed by atoms with Gasteiger partial charge in [-0.2, -0.15) is 0 Å². The maximum atomic E-state index is 11.8. The van der Waals surface area contributed by atoms with Gasteiger partial charge < -0.3 is 14.8 Å². The predicted molar refractivity (Wildman–Crippen MR) is 88.6 cm³/mol. The molecule has 1 N–H and O–H groups in total. The molecule has 0 aliphatic rings. The molecule has 6 nitrogen and oxygen atoms in total. The Balaban J connectivity index is 2.37. The molecule has 0 heterocycles. The molecule has 1 aromatic carbocycles. The zero-order valence-corrected chi connectivity index (χ0v) is 14.9. The van der Waals surface area contributed by atoms with Gasteiger partial charge in [-0.25, -0.2) is 4.79 Å². The van der Waals surface area contributed by atoms with Gasteiger partial charge in [0.1, 0.15) is 11.4 Å². The van der Waals surface area contributed by atoms with Gasteiger partial charge in [-0.1, -0.05) is 15.9 Å². The number of esters is 1. The van der Waals surface area contributed by atoms with Crippen molar-refractivity contribution >= 4 is 34.3 Å². The van der Waals surface area contributed by atoms with E-state index in [9.17, 15) is 14.4 Å². The summed E-state index contributed by atoms with van der Waals surface area (Å²) in [7, 11) is 0. The summed E-state index contributed by atoms with van der Waals surface area (Å²) >= 11 is 3.25. The number of carbonyl (C=O) groups excluding carboxylic acids is 3. The fourth-order valence-corrected chi connectivity index (χ4v) is 1.95. The van der Waals surface area contributed by atoms with E-state index >= 15 is 0 Å². The van der Waals surface area contributed by atoms with Crippen LogP contribution < -0.4 is 10.1 Å². The quantitative estimate of drug-likeness (QED) is 0.350. The zero-order chi connectivity index (χ0) is 17.5. The molecule has 1 aromatic rings. The van der Waals surface area contributed by atoms with Crippen molar-refractivity contribution in [1.82, 2.24) is 5.32 Å². The average molecular weight is 386 g/mol. The molecule has 0 bridgehead atoms. The van der Waals surface area contributed by atoms with Gasteiger partial charge in [-0.05, 0) is 45.4 Å². The lowest BCUT2D eigenvalue weighted by Crippen LogP contribution is -2.33. The number of rotatable bonds is 6. The Morgan fingerprint density at radius 1 is 1.30 bits per heavy atom. The summed E-state index contributed by atoms with van der Waals surface area (Å²) < 4.78 is 10.9. The Morgan fingerprint density at radius 3 is 2.61 bits per heavy atom. The molecule has 0 fully saturated rings. The summed E-state index contributed by atoms with van der Waals surface area (Å²) in [6, 6.07) is 4.80. The highest BCUT2D eigenvalue weighted by atomic mass is 79.9. The van der Waals surface area contributed by atoms with Crippen LogP contribution in [0.4, 0.5) is 4.79 Å². The molecular weight excluding hydrogens is 366 g/mol. The molecule has 0 saturated carbocycles. The summed E-state index contributed by atoms with van der Waals surface area (Å²) in [6.45, 7) is 5.61. The number of aldehydes is 1. The minimum absolute atomic E-state index is 0.112. The highest BCUT2D eigenvalue weighted by molar-refractivity contribution is 9.10. The number of alkyl carbamates (subject to hydrolysis) is 1. The molecule has 0 unspecified atom stereocenters. The third-order valence-electron chi connectivity index (χ3n) is 2.55. The third-order valence-corrected chi connectivity index (χ3v) is 3.05. The topological polar surface area (TPSA) is 81.7 Å². The van der Waals surface area contributed by atoms with Gasteiger partial charge in [-0.15, -0.1) is 0 Å². The van der Waals surface area contributed by atoms with Crippen LogP contribution in [0, 0.1) is 0 Å². The fraction of sp³-hybridized carbons (Fsp3) is 0.438. The summed E-state index contributed by atoms with van der Waals surface area (Å²) in [5.41, 5.74) is -0.261. The Morgan fingerprint density at radius 2 is 2.00 bits per heavy atom. The summed E-state index contributed by atoms with van der Waals surface area (Å²) in [4.78, 5) is 34.1. The summed E-state index contributed by atoms with van der Waals surface area (Å²) in [6.07, 6.45) is 0.614. The molecule has 1 rings (SSSR count).